The van der Waals surface area contributed by atoms with Gasteiger partial charge in [-0.15, -0.1) is 11.3 Å². The Balaban J connectivity index is 1.71. The van der Waals surface area contributed by atoms with E-state index in [4.69, 9.17) is 5.73 Å². The summed E-state index contributed by atoms with van der Waals surface area (Å²) in [6, 6.07) is 17.0. The van der Waals surface area contributed by atoms with Crippen molar-refractivity contribution in [3.05, 3.63) is 87.6 Å². The van der Waals surface area contributed by atoms with Crippen LogP contribution < -0.4 is 16.4 Å². The molecule has 0 radical (unpaired) electrons. The Labute approximate surface area is 160 Å². The highest BCUT2D eigenvalue weighted by Crippen LogP contribution is 2.18. The number of para-hydroxylation sites is 1. The van der Waals surface area contributed by atoms with Gasteiger partial charge < -0.3 is 16.4 Å². The lowest BCUT2D eigenvalue weighted by atomic mass is 10.1. The predicted octanol–water partition coefficient (Wildman–Crippen LogP) is 3.03. The first-order valence-corrected chi connectivity index (χ1v) is 9.03. The Kier molecular flexibility index (Phi) is 5.63. The van der Waals surface area contributed by atoms with Crippen molar-refractivity contribution >= 4 is 34.7 Å². The van der Waals surface area contributed by atoms with E-state index in [1.807, 2.05) is 5.38 Å². The summed E-state index contributed by atoms with van der Waals surface area (Å²) in [5.74, 6) is -1.12. The van der Waals surface area contributed by atoms with Gasteiger partial charge in [-0.25, -0.2) is 0 Å². The number of hydrogen-bond acceptors (Lipinski definition) is 4. The number of nitrogens with one attached hydrogen (secondary N) is 2. The first kappa shape index (κ1) is 18.3. The zero-order chi connectivity index (χ0) is 19.2. The maximum Gasteiger partial charge on any atom is 0.265 e. The van der Waals surface area contributed by atoms with Crippen LogP contribution in [-0.2, 0) is 6.54 Å². The first-order chi connectivity index (χ1) is 13.0. The number of amides is 3. The zero-order valence-corrected chi connectivity index (χ0v) is 15.1. The fourth-order valence-corrected chi connectivity index (χ4v) is 3.11. The smallest absolute Gasteiger partial charge is 0.265 e. The summed E-state index contributed by atoms with van der Waals surface area (Å²) >= 11 is 1.33. The molecule has 0 saturated heterocycles. The number of rotatable bonds is 6. The topological polar surface area (TPSA) is 101 Å². The summed E-state index contributed by atoms with van der Waals surface area (Å²) in [6.07, 6.45) is 0. The molecule has 27 heavy (non-hydrogen) atoms. The molecule has 3 rings (SSSR count). The average Bonchev–Trinajstić information content (AvgIpc) is 3.22. The lowest BCUT2D eigenvalue weighted by molar-refractivity contribution is 0.0951. The molecule has 6 nitrogen and oxygen atoms in total. The monoisotopic (exact) mass is 379 g/mol. The minimum Gasteiger partial charge on any atom is -0.366 e. The molecule has 0 atom stereocenters. The molecule has 3 amide bonds. The number of benzene rings is 2. The summed E-state index contributed by atoms with van der Waals surface area (Å²) in [5.41, 5.74) is 7.19. The predicted molar refractivity (Wildman–Crippen MR) is 105 cm³/mol. The van der Waals surface area contributed by atoms with E-state index in [-0.39, 0.29) is 18.4 Å². The van der Waals surface area contributed by atoms with Crippen LogP contribution in [0.3, 0.4) is 0 Å². The lowest BCUT2D eigenvalue weighted by Crippen LogP contribution is -2.25. The number of carbonyl (C=O) groups is 3. The SMILES string of the molecule is NC(=O)c1cccc(CNC(=O)c2ccccc2NC(=O)c2cccs2)c1. The second-order valence-electron chi connectivity index (χ2n) is 5.72. The molecule has 0 unspecified atom stereocenters. The second kappa shape index (κ2) is 8.29. The van der Waals surface area contributed by atoms with Gasteiger partial charge in [0.05, 0.1) is 16.1 Å². The molecule has 0 fully saturated rings. The summed E-state index contributed by atoms with van der Waals surface area (Å²) in [7, 11) is 0. The van der Waals surface area contributed by atoms with E-state index in [1.54, 1.807) is 60.7 Å². The van der Waals surface area contributed by atoms with Crippen molar-refractivity contribution in [2.75, 3.05) is 5.32 Å². The highest BCUT2D eigenvalue weighted by Gasteiger charge is 2.14. The molecule has 136 valence electrons. The summed E-state index contributed by atoms with van der Waals surface area (Å²) in [5, 5.41) is 7.37. The van der Waals surface area contributed by atoms with Crippen LogP contribution in [0.15, 0.2) is 66.0 Å². The summed E-state index contributed by atoms with van der Waals surface area (Å²) in [6.45, 7) is 0.229. The van der Waals surface area contributed by atoms with Crippen molar-refractivity contribution in [2.24, 2.45) is 5.73 Å². The molecule has 0 aliphatic heterocycles. The molecule has 3 aromatic rings. The van der Waals surface area contributed by atoms with Gasteiger partial charge in [-0.1, -0.05) is 30.3 Å². The van der Waals surface area contributed by atoms with Crippen LogP contribution in [0.2, 0.25) is 0 Å². The van der Waals surface area contributed by atoms with Crippen LogP contribution >= 0.6 is 11.3 Å². The quantitative estimate of drug-likeness (QED) is 0.613. The minimum absolute atomic E-state index is 0.229. The fraction of sp³-hybridized carbons (Fsp3) is 0.0500. The van der Waals surface area contributed by atoms with Gasteiger partial charge in [-0.3, -0.25) is 14.4 Å². The maximum absolute atomic E-state index is 12.6. The van der Waals surface area contributed by atoms with Gasteiger partial charge in [0.25, 0.3) is 11.8 Å². The standard InChI is InChI=1S/C20H17N3O3S/c21-18(24)14-6-3-5-13(11-14)12-22-19(25)15-7-1-2-8-16(15)23-20(26)17-9-4-10-27-17/h1-11H,12H2,(H2,21,24)(H,22,25)(H,23,26). The van der Waals surface area contributed by atoms with Crippen LogP contribution in [0.5, 0.6) is 0 Å². The molecule has 1 heterocycles. The molecular weight excluding hydrogens is 362 g/mol. The van der Waals surface area contributed by atoms with Gasteiger partial charge in [0.15, 0.2) is 0 Å². The molecule has 0 bridgehead atoms. The Morgan fingerprint density at radius 1 is 0.926 bits per heavy atom. The largest absolute Gasteiger partial charge is 0.366 e. The Morgan fingerprint density at radius 3 is 2.48 bits per heavy atom. The highest BCUT2D eigenvalue weighted by molar-refractivity contribution is 7.12. The van der Waals surface area contributed by atoms with E-state index in [2.05, 4.69) is 10.6 Å². The van der Waals surface area contributed by atoms with E-state index in [0.29, 0.717) is 21.7 Å². The normalized spacial score (nSPS) is 10.2. The third kappa shape index (κ3) is 4.59. The third-order valence-corrected chi connectivity index (χ3v) is 4.70. The molecule has 4 N–H and O–H groups in total. The van der Waals surface area contributed by atoms with Gasteiger partial charge in [0.2, 0.25) is 5.91 Å². The summed E-state index contributed by atoms with van der Waals surface area (Å²) in [4.78, 5) is 36.6. The molecule has 2 aromatic carbocycles. The molecule has 1 aromatic heterocycles. The van der Waals surface area contributed by atoms with Gasteiger partial charge in [0.1, 0.15) is 0 Å². The molecule has 0 aliphatic rings. The van der Waals surface area contributed by atoms with Gasteiger partial charge in [0, 0.05) is 12.1 Å². The van der Waals surface area contributed by atoms with Gasteiger partial charge in [-0.05, 0) is 41.3 Å². The Bertz CT molecular complexity index is 984. The molecule has 7 heteroatoms. The lowest BCUT2D eigenvalue weighted by Gasteiger charge is -2.11. The van der Waals surface area contributed by atoms with Crippen molar-refractivity contribution in [3.8, 4) is 0 Å². The van der Waals surface area contributed by atoms with Crippen LogP contribution in [0.1, 0.15) is 36.0 Å². The number of hydrogen-bond donors (Lipinski definition) is 3. The van der Waals surface area contributed by atoms with Crippen molar-refractivity contribution in [1.82, 2.24) is 5.32 Å². The number of nitrogens with two attached hydrogens (primary N) is 1. The Morgan fingerprint density at radius 2 is 1.74 bits per heavy atom. The average molecular weight is 379 g/mol. The van der Waals surface area contributed by atoms with Crippen LogP contribution in [-0.4, -0.2) is 17.7 Å². The second-order valence-corrected chi connectivity index (χ2v) is 6.67. The minimum atomic E-state index is -0.523. The van der Waals surface area contributed by atoms with E-state index in [9.17, 15) is 14.4 Å². The van der Waals surface area contributed by atoms with Crippen molar-refractivity contribution in [1.29, 1.82) is 0 Å². The van der Waals surface area contributed by atoms with E-state index in [1.165, 1.54) is 11.3 Å². The first-order valence-electron chi connectivity index (χ1n) is 8.15. The number of primary amides is 1. The van der Waals surface area contributed by atoms with Crippen LogP contribution in [0.4, 0.5) is 5.69 Å². The van der Waals surface area contributed by atoms with Crippen LogP contribution in [0.25, 0.3) is 0 Å². The number of anilines is 1. The maximum atomic E-state index is 12.6. The van der Waals surface area contributed by atoms with E-state index in [0.717, 1.165) is 5.56 Å². The van der Waals surface area contributed by atoms with E-state index >= 15 is 0 Å². The molecular formula is C20H17N3O3S. The van der Waals surface area contributed by atoms with Crippen LogP contribution in [0, 0.1) is 0 Å². The van der Waals surface area contributed by atoms with Gasteiger partial charge in [-0.2, -0.15) is 0 Å². The highest BCUT2D eigenvalue weighted by atomic mass is 32.1. The molecule has 0 saturated carbocycles. The molecule has 0 aliphatic carbocycles. The fourth-order valence-electron chi connectivity index (χ4n) is 2.49. The Hall–Kier alpha value is -3.45. The summed E-state index contributed by atoms with van der Waals surface area (Å²) < 4.78 is 0. The van der Waals surface area contributed by atoms with Crippen molar-refractivity contribution in [2.45, 2.75) is 6.54 Å². The molecule has 0 spiro atoms. The van der Waals surface area contributed by atoms with Gasteiger partial charge >= 0.3 is 0 Å². The zero-order valence-electron chi connectivity index (χ0n) is 14.3. The van der Waals surface area contributed by atoms with E-state index < -0.39 is 5.91 Å². The number of carbonyl (C=O) groups excluding carboxylic acids is 3. The van der Waals surface area contributed by atoms with Crippen molar-refractivity contribution < 1.29 is 14.4 Å². The van der Waals surface area contributed by atoms with Crippen molar-refractivity contribution in [3.63, 3.8) is 0 Å². The third-order valence-electron chi connectivity index (χ3n) is 3.83. The number of thiophene rings is 1.